The molecular weight excluding hydrogens is 216 g/mol. The summed E-state index contributed by atoms with van der Waals surface area (Å²) in [6.07, 6.45) is 6.92. The highest BCUT2D eigenvalue weighted by atomic mass is 16.5. The smallest absolute Gasteiger partial charge is 0.327 e. The third-order valence-corrected chi connectivity index (χ3v) is 2.88. The van der Waals surface area contributed by atoms with Gasteiger partial charge >= 0.3 is 5.97 Å². The van der Waals surface area contributed by atoms with Crippen molar-refractivity contribution >= 4 is 5.97 Å². The number of benzene rings is 1. The Bertz CT molecular complexity index is 435. The number of ether oxygens (including phenoxy) is 1. The van der Waals surface area contributed by atoms with Crippen LogP contribution in [0.4, 0.5) is 0 Å². The van der Waals surface area contributed by atoms with Crippen LogP contribution in [0.25, 0.3) is 0 Å². The maximum Gasteiger partial charge on any atom is 0.327 e. The molecule has 1 aliphatic carbocycles. The Labute approximate surface area is 101 Å². The van der Waals surface area contributed by atoms with E-state index in [4.69, 9.17) is 9.84 Å². The summed E-state index contributed by atoms with van der Waals surface area (Å²) in [4.78, 5) is 10.2. The summed E-state index contributed by atoms with van der Waals surface area (Å²) < 4.78 is 5.57. The fourth-order valence-corrected chi connectivity index (χ4v) is 2.07. The number of hydrogen-bond acceptors (Lipinski definition) is 2. The lowest BCUT2D eigenvalue weighted by Gasteiger charge is -2.06. The molecule has 1 N–H and O–H groups in total. The van der Waals surface area contributed by atoms with E-state index in [1.54, 1.807) is 6.08 Å². The van der Waals surface area contributed by atoms with Crippen LogP contribution in [-0.2, 0) is 17.6 Å². The van der Waals surface area contributed by atoms with E-state index in [0.29, 0.717) is 13.0 Å². The van der Waals surface area contributed by atoms with Crippen LogP contribution in [0.15, 0.2) is 30.4 Å². The van der Waals surface area contributed by atoms with Crippen LogP contribution in [0, 0.1) is 0 Å². The van der Waals surface area contributed by atoms with E-state index in [-0.39, 0.29) is 0 Å². The molecular formula is C14H16O3. The van der Waals surface area contributed by atoms with E-state index in [2.05, 4.69) is 12.1 Å². The molecule has 0 aliphatic heterocycles. The molecule has 0 atom stereocenters. The Morgan fingerprint density at radius 1 is 1.35 bits per heavy atom. The molecule has 17 heavy (non-hydrogen) atoms. The number of aliphatic carboxylic acids is 1. The summed E-state index contributed by atoms with van der Waals surface area (Å²) in [5.41, 5.74) is 2.83. The van der Waals surface area contributed by atoms with Crippen molar-refractivity contribution in [3.05, 3.63) is 41.5 Å². The second-order valence-electron chi connectivity index (χ2n) is 4.16. The average molecular weight is 232 g/mol. The highest BCUT2D eigenvalue weighted by molar-refractivity contribution is 5.79. The van der Waals surface area contributed by atoms with Crippen molar-refractivity contribution in [3.8, 4) is 5.75 Å². The summed E-state index contributed by atoms with van der Waals surface area (Å²) in [5.74, 6) is -0.0306. The summed E-state index contributed by atoms with van der Waals surface area (Å²) in [7, 11) is 0. The topological polar surface area (TPSA) is 46.5 Å². The zero-order valence-electron chi connectivity index (χ0n) is 9.69. The van der Waals surface area contributed by atoms with Gasteiger partial charge < -0.3 is 9.84 Å². The molecule has 0 unspecified atom stereocenters. The second kappa shape index (κ2) is 5.53. The Kier molecular flexibility index (Phi) is 3.81. The third-order valence-electron chi connectivity index (χ3n) is 2.88. The van der Waals surface area contributed by atoms with Crippen molar-refractivity contribution in [3.63, 3.8) is 0 Å². The highest BCUT2D eigenvalue weighted by Crippen LogP contribution is 2.25. The fourth-order valence-electron chi connectivity index (χ4n) is 2.07. The van der Waals surface area contributed by atoms with Crippen molar-refractivity contribution in [2.24, 2.45) is 0 Å². The molecule has 90 valence electrons. The number of rotatable bonds is 5. The lowest BCUT2D eigenvalue weighted by molar-refractivity contribution is -0.131. The predicted octanol–water partition coefficient (Wildman–Crippen LogP) is 2.59. The normalized spacial score (nSPS) is 13.9. The standard InChI is InChI=1S/C14H16O3/c15-14(16)6-1-2-9-17-13-8-7-11-4-3-5-12(11)10-13/h1,6-8,10H,2-5,9H2,(H,15,16)/b6-1+. The molecule has 0 aromatic heterocycles. The molecule has 0 fully saturated rings. The van der Waals surface area contributed by atoms with Gasteiger partial charge in [-0.2, -0.15) is 0 Å². The Hall–Kier alpha value is -1.77. The molecule has 0 saturated carbocycles. The number of fused-ring (bicyclic) bond motifs is 1. The zero-order chi connectivity index (χ0) is 12.1. The third kappa shape index (κ3) is 3.34. The maximum absolute atomic E-state index is 10.2. The van der Waals surface area contributed by atoms with Gasteiger partial charge in [-0.05, 0) is 48.9 Å². The predicted molar refractivity (Wildman–Crippen MR) is 65.4 cm³/mol. The van der Waals surface area contributed by atoms with Crippen molar-refractivity contribution in [2.75, 3.05) is 6.61 Å². The monoisotopic (exact) mass is 232 g/mol. The SMILES string of the molecule is O=C(O)/C=C/CCOc1ccc2c(c1)CCC2. The van der Waals surface area contributed by atoms with E-state index < -0.39 is 5.97 Å². The number of carboxylic acids is 1. The molecule has 1 aromatic carbocycles. The fraction of sp³-hybridized carbons (Fsp3) is 0.357. The van der Waals surface area contributed by atoms with E-state index in [1.807, 2.05) is 6.07 Å². The van der Waals surface area contributed by atoms with Gasteiger partial charge in [-0.15, -0.1) is 0 Å². The van der Waals surface area contributed by atoms with Crippen LogP contribution in [0.2, 0.25) is 0 Å². The van der Waals surface area contributed by atoms with Crippen molar-refractivity contribution in [1.29, 1.82) is 0 Å². The van der Waals surface area contributed by atoms with Gasteiger partial charge in [0, 0.05) is 6.08 Å². The summed E-state index contributed by atoms with van der Waals surface area (Å²) in [6, 6.07) is 6.22. The lowest BCUT2D eigenvalue weighted by Crippen LogP contribution is -1.97. The van der Waals surface area contributed by atoms with Crippen molar-refractivity contribution in [1.82, 2.24) is 0 Å². The highest BCUT2D eigenvalue weighted by Gasteiger charge is 2.10. The van der Waals surface area contributed by atoms with Gasteiger partial charge in [-0.25, -0.2) is 4.79 Å². The lowest BCUT2D eigenvalue weighted by atomic mass is 10.1. The molecule has 0 heterocycles. The van der Waals surface area contributed by atoms with Crippen molar-refractivity contribution < 1.29 is 14.6 Å². The molecule has 1 aliphatic rings. The maximum atomic E-state index is 10.2. The minimum atomic E-state index is -0.914. The molecule has 3 heteroatoms. The van der Waals surface area contributed by atoms with Crippen molar-refractivity contribution in [2.45, 2.75) is 25.7 Å². The minimum absolute atomic E-state index is 0.516. The average Bonchev–Trinajstić information content (AvgIpc) is 2.75. The quantitative estimate of drug-likeness (QED) is 0.627. The van der Waals surface area contributed by atoms with Crippen LogP contribution in [-0.4, -0.2) is 17.7 Å². The second-order valence-corrected chi connectivity index (χ2v) is 4.16. The first-order valence-electron chi connectivity index (χ1n) is 5.90. The Morgan fingerprint density at radius 3 is 3.00 bits per heavy atom. The number of aryl methyl sites for hydroxylation is 2. The van der Waals surface area contributed by atoms with Gasteiger partial charge in [-0.1, -0.05) is 12.1 Å². The van der Waals surface area contributed by atoms with E-state index in [0.717, 1.165) is 18.2 Å². The first-order chi connectivity index (χ1) is 8.25. The van der Waals surface area contributed by atoms with Gasteiger partial charge in [0.25, 0.3) is 0 Å². The first-order valence-corrected chi connectivity index (χ1v) is 5.90. The largest absolute Gasteiger partial charge is 0.493 e. The molecule has 2 rings (SSSR count). The van der Waals surface area contributed by atoms with Gasteiger partial charge in [0.2, 0.25) is 0 Å². The van der Waals surface area contributed by atoms with Crippen LogP contribution in [0.1, 0.15) is 24.0 Å². The Morgan fingerprint density at radius 2 is 2.18 bits per heavy atom. The van der Waals surface area contributed by atoms with Gasteiger partial charge in [0.05, 0.1) is 6.61 Å². The molecule has 0 radical (unpaired) electrons. The van der Waals surface area contributed by atoms with Crippen LogP contribution in [0.3, 0.4) is 0 Å². The summed E-state index contributed by atoms with van der Waals surface area (Å²) >= 11 is 0. The molecule has 0 bridgehead atoms. The van der Waals surface area contributed by atoms with E-state index >= 15 is 0 Å². The summed E-state index contributed by atoms with van der Waals surface area (Å²) in [6.45, 7) is 0.516. The van der Waals surface area contributed by atoms with Crippen LogP contribution in [0.5, 0.6) is 5.75 Å². The molecule has 1 aromatic rings. The van der Waals surface area contributed by atoms with E-state index in [1.165, 1.54) is 24.0 Å². The van der Waals surface area contributed by atoms with E-state index in [9.17, 15) is 4.79 Å². The molecule has 3 nitrogen and oxygen atoms in total. The van der Waals surface area contributed by atoms with Crippen LogP contribution < -0.4 is 4.74 Å². The number of hydrogen-bond donors (Lipinski definition) is 1. The first kappa shape index (κ1) is 11.7. The minimum Gasteiger partial charge on any atom is -0.493 e. The number of carboxylic acid groups (broad SMARTS) is 1. The summed E-state index contributed by atoms with van der Waals surface area (Å²) in [5, 5.41) is 8.41. The Balaban J connectivity index is 1.81. The molecule has 0 saturated heterocycles. The zero-order valence-corrected chi connectivity index (χ0v) is 9.69. The molecule has 0 amide bonds. The van der Waals surface area contributed by atoms with Gasteiger partial charge in [0.1, 0.15) is 5.75 Å². The van der Waals surface area contributed by atoms with Gasteiger partial charge in [0.15, 0.2) is 0 Å². The molecule has 0 spiro atoms. The van der Waals surface area contributed by atoms with Crippen LogP contribution >= 0.6 is 0 Å². The van der Waals surface area contributed by atoms with Gasteiger partial charge in [-0.3, -0.25) is 0 Å². The number of carbonyl (C=O) groups is 1.